The number of rotatable bonds is 5. The fraction of sp³-hybridized carbons (Fsp3) is 0.381. The second-order valence-corrected chi connectivity index (χ2v) is 9.72. The Morgan fingerprint density at radius 1 is 1.14 bits per heavy atom. The number of nitrogens with zero attached hydrogens (tertiary/aromatic N) is 1. The molecule has 28 heavy (non-hydrogen) atoms. The highest BCUT2D eigenvalue weighted by molar-refractivity contribution is 7.91. The fourth-order valence-corrected chi connectivity index (χ4v) is 4.94. The third-order valence-corrected chi connectivity index (χ3v) is 7.25. The molecule has 1 aliphatic heterocycles. The number of piperidine rings is 1. The van der Waals surface area contributed by atoms with E-state index in [0.717, 1.165) is 19.4 Å². The lowest BCUT2D eigenvalue weighted by molar-refractivity contribution is 0.0260. The van der Waals surface area contributed by atoms with Gasteiger partial charge in [0.1, 0.15) is 11.9 Å². The Balaban J connectivity index is 1.80. The third-order valence-electron chi connectivity index (χ3n) is 5.43. The molecule has 0 radical (unpaired) electrons. The largest absolute Gasteiger partial charge is 0.490 e. The Labute approximate surface area is 166 Å². The molecule has 1 aliphatic rings. The van der Waals surface area contributed by atoms with Gasteiger partial charge in [0, 0.05) is 18.5 Å². The van der Waals surface area contributed by atoms with E-state index in [1.807, 2.05) is 0 Å². The van der Waals surface area contributed by atoms with Crippen LogP contribution < -0.4 is 10.5 Å². The van der Waals surface area contributed by atoms with Crippen molar-refractivity contribution < 1.29 is 17.9 Å². The van der Waals surface area contributed by atoms with Crippen molar-refractivity contribution in [2.75, 3.05) is 13.6 Å². The molecule has 1 unspecified atom stereocenters. The van der Waals surface area contributed by atoms with E-state index in [1.54, 1.807) is 24.3 Å². The molecule has 0 aromatic heterocycles. The Morgan fingerprint density at radius 3 is 2.39 bits per heavy atom. The minimum atomic E-state index is -3.85. The van der Waals surface area contributed by atoms with E-state index in [1.165, 1.54) is 24.3 Å². The van der Waals surface area contributed by atoms with Crippen molar-refractivity contribution in [2.45, 2.75) is 48.1 Å². The molecule has 0 saturated carbocycles. The van der Waals surface area contributed by atoms with E-state index in [0.29, 0.717) is 5.75 Å². The summed E-state index contributed by atoms with van der Waals surface area (Å²) in [7, 11) is -1.74. The average molecular weight is 403 g/mol. The summed E-state index contributed by atoms with van der Waals surface area (Å²) in [4.78, 5) is 13.9. The van der Waals surface area contributed by atoms with E-state index >= 15 is 0 Å². The number of sulfone groups is 1. The van der Waals surface area contributed by atoms with Crippen molar-refractivity contribution in [1.82, 2.24) is 4.90 Å². The highest BCUT2D eigenvalue weighted by Crippen LogP contribution is 2.30. The number of likely N-dealkylation sites (tertiary alicyclic amines) is 1. The van der Waals surface area contributed by atoms with Gasteiger partial charge in [0.15, 0.2) is 0 Å². The van der Waals surface area contributed by atoms with Crippen molar-refractivity contribution in [3.63, 3.8) is 0 Å². The van der Waals surface area contributed by atoms with Crippen LogP contribution >= 0.6 is 0 Å². The number of amides is 1. The van der Waals surface area contributed by atoms with Crippen LogP contribution in [-0.2, 0) is 9.84 Å². The van der Waals surface area contributed by atoms with Crippen molar-refractivity contribution in [3.05, 3.63) is 54.1 Å². The molecule has 6 nitrogen and oxygen atoms in total. The van der Waals surface area contributed by atoms with Gasteiger partial charge in [-0.15, -0.1) is 0 Å². The second kappa shape index (κ2) is 7.56. The fourth-order valence-electron chi connectivity index (χ4n) is 3.48. The van der Waals surface area contributed by atoms with Crippen molar-refractivity contribution >= 4 is 15.7 Å². The summed E-state index contributed by atoms with van der Waals surface area (Å²) in [6.07, 6.45) is 1.91. The summed E-state index contributed by atoms with van der Waals surface area (Å²) in [5.41, 5.74) is 5.37. The maximum atomic E-state index is 12.9. The van der Waals surface area contributed by atoms with Gasteiger partial charge < -0.3 is 15.4 Å². The van der Waals surface area contributed by atoms with Crippen LogP contribution in [0.3, 0.4) is 0 Å². The molecular weight excluding hydrogens is 376 g/mol. The molecule has 0 spiro atoms. The van der Waals surface area contributed by atoms with E-state index < -0.39 is 15.7 Å². The summed E-state index contributed by atoms with van der Waals surface area (Å²) in [6, 6.07) is 12.3. The van der Waals surface area contributed by atoms with Gasteiger partial charge in [0.2, 0.25) is 15.7 Å². The zero-order valence-corrected chi connectivity index (χ0v) is 17.2. The Hall–Kier alpha value is -2.38. The van der Waals surface area contributed by atoms with Gasteiger partial charge in [-0.3, -0.25) is 4.79 Å². The maximum Gasteiger partial charge on any atom is 0.250 e. The Kier molecular flexibility index (Phi) is 5.50. The first-order valence-corrected chi connectivity index (χ1v) is 10.7. The van der Waals surface area contributed by atoms with Crippen LogP contribution in [0.2, 0.25) is 0 Å². The zero-order valence-electron chi connectivity index (χ0n) is 16.4. The van der Waals surface area contributed by atoms with E-state index in [4.69, 9.17) is 10.5 Å². The molecule has 0 bridgehead atoms. The van der Waals surface area contributed by atoms with Crippen LogP contribution in [0.15, 0.2) is 58.3 Å². The molecule has 1 heterocycles. The summed E-state index contributed by atoms with van der Waals surface area (Å²) >= 11 is 0. The zero-order chi connectivity index (χ0) is 20.5. The Morgan fingerprint density at radius 2 is 1.79 bits per heavy atom. The van der Waals surface area contributed by atoms with Gasteiger partial charge in [-0.1, -0.05) is 12.1 Å². The normalized spacial score (nSPS) is 19.9. The molecule has 3 rings (SSSR count). The minimum absolute atomic E-state index is 0.0172. The molecular formula is C21H26N2O4S. The van der Waals surface area contributed by atoms with Crippen LogP contribution in [0.1, 0.15) is 37.0 Å². The lowest BCUT2D eigenvalue weighted by Gasteiger charge is -2.43. The average Bonchev–Trinajstić information content (AvgIpc) is 2.65. The summed E-state index contributed by atoms with van der Waals surface area (Å²) in [5, 5.41) is 0. The SMILES string of the molecule is CN1CCC(Oc2ccc(S(=O)(=O)c3ccccc3C(N)=O)cc2)CC1(C)C. The van der Waals surface area contributed by atoms with Crippen LogP contribution in [0.4, 0.5) is 0 Å². The number of primary amides is 1. The monoisotopic (exact) mass is 402 g/mol. The summed E-state index contributed by atoms with van der Waals surface area (Å²) in [6.45, 7) is 5.33. The van der Waals surface area contributed by atoms with Crippen LogP contribution in [0.5, 0.6) is 5.75 Å². The molecule has 2 N–H and O–H groups in total. The van der Waals surface area contributed by atoms with E-state index in [2.05, 4.69) is 25.8 Å². The summed E-state index contributed by atoms with van der Waals surface area (Å²) in [5.74, 6) is -0.142. The highest BCUT2D eigenvalue weighted by Gasteiger charge is 2.33. The molecule has 0 aliphatic carbocycles. The van der Waals surface area contributed by atoms with Gasteiger partial charge in [-0.05, 0) is 63.7 Å². The number of hydrogen-bond acceptors (Lipinski definition) is 5. The smallest absolute Gasteiger partial charge is 0.250 e. The predicted molar refractivity (Wildman–Crippen MR) is 107 cm³/mol. The quantitative estimate of drug-likeness (QED) is 0.831. The predicted octanol–water partition coefficient (Wildman–Crippen LogP) is 2.87. The van der Waals surface area contributed by atoms with Crippen LogP contribution in [-0.4, -0.2) is 44.5 Å². The first-order chi connectivity index (χ1) is 13.1. The number of carbonyl (C=O) groups excluding carboxylic acids is 1. The molecule has 7 heteroatoms. The third kappa shape index (κ3) is 4.05. The van der Waals surface area contributed by atoms with Gasteiger partial charge in [-0.25, -0.2) is 8.42 Å². The Bertz CT molecular complexity index is 968. The number of benzene rings is 2. The van der Waals surface area contributed by atoms with Gasteiger partial charge >= 0.3 is 0 Å². The van der Waals surface area contributed by atoms with Crippen molar-refractivity contribution in [3.8, 4) is 5.75 Å². The molecule has 1 amide bonds. The minimum Gasteiger partial charge on any atom is -0.490 e. The highest BCUT2D eigenvalue weighted by atomic mass is 32.2. The first-order valence-electron chi connectivity index (χ1n) is 9.23. The molecule has 1 fully saturated rings. The number of hydrogen-bond donors (Lipinski definition) is 1. The maximum absolute atomic E-state index is 12.9. The second-order valence-electron chi connectivity index (χ2n) is 7.80. The van der Waals surface area contributed by atoms with Crippen molar-refractivity contribution in [2.24, 2.45) is 5.73 Å². The van der Waals surface area contributed by atoms with E-state index in [9.17, 15) is 13.2 Å². The molecule has 1 atom stereocenters. The molecule has 2 aromatic carbocycles. The number of carbonyl (C=O) groups is 1. The lowest BCUT2D eigenvalue weighted by Crippen LogP contribution is -2.50. The molecule has 150 valence electrons. The van der Waals surface area contributed by atoms with Gasteiger partial charge in [-0.2, -0.15) is 0 Å². The van der Waals surface area contributed by atoms with Crippen LogP contribution in [0.25, 0.3) is 0 Å². The van der Waals surface area contributed by atoms with E-state index in [-0.39, 0.29) is 27.0 Å². The van der Waals surface area contributed by atoms with Crippen LogP contribution in [0, 0.1) is 0 Å². The standard InChI is InChI=1S/C21H26N2O4S/c1-21(2)14-16(12-13-23(21)3)27-15-8-10-17(11-9-15)28(25,26)19-7-5-4-6-18(19)20(22)24/h4-11,16H,12-14H2,1-3H3,(H2,22,24). The molecule has 2 aromatic rings. The molecule has 1 saturated heterocycles. The number of nitrogens with two attached hydrogens (primary N) is 1. The van der Waals surface area contributed by atoms with Gasteiger partial charge in [0.25, 0.3) is 0 Å². The summed E-state index contributed by atoms with van der Waals surface area (Å²) < 4.78 is 31.9. The topological polar surface area (TPSA) is 89.7 Å². The lowest BCUT2D eigenvalue weighted by atomic mass is 9.89. The number of ether oxygens (including phenoxy) is 1. The van der Waals surface area contributed by atoms with Crippen molar-refractivity contribution in [1.29, 1.82) is 0 Å². The van der Waals surface area contributed by atoms with Gasteiger partial charge in [0.05, 0.1) is 15.4 Å². The first kappa shape index (κ1) is 20.4.